The van der Waals surface area contributed by atoms with Gasteiger partial charge in [0.05, 0.1) is 13.2 Å². The quantitative estimate of drug-likeness (QED) is 0.743. The van der Waals surface area contributed by atoms with Crippen molar-refractivity contribution in [1.29, 1.82) is 0 Å². The second-order valence-electron chi connectivity index (χ2n) is 4.54. The minimum Gasteiger partial charge on any atom is -0.508 e. The van der Waals surface area contributed by atoms with E-state index in [2.05, 4.69) is 21.2 Å². The van der Waals surface area contributed by atoms with Gasteiger partial charge >= 0.3 is 0 Å². The van der Waals surface area contributed by atoms with E-state index in [9.17, 15) is 10.2 Å². The van der Waals surface area contributed by atoms with Crippen molar-refractivity contribution >= 4 is 21.6 Å². The van der Waals surface area contributed by atoms with Crippen LogP contribution in [0, 0.1) is 0 Å². The average molecular weight is 352 g/mol. The van der Waals surface area contributed by atoms with Gasteiger partial charge < -0.3 is 20.3 Å². The van der Waals surface area contributed by atoms with Crippen molar-refractivity contribution in [3.63, 3.8) is 0 Å². The van der Waals surface area contributed by atoms with Crippen molar-refractivity contribution in [2.24, 2.45) is 0 Å². The summed E-state index contributed by atoms with van der Waals surface area (Å²) in [5.41, 5.74) is 2.39. The van der Waals surface area contributed by atoms with Crippen molar-refractivity contribution in [2.75, 3.05) is 11.9 Å². The van der Waals surface area contributed by atoms with Crippen molar-refractivity contribution in [1.82, 2.24) is 0 Å². The molecule has 0 fully saturated rings. The highest BCUT2D eigenvalue weighted by atomic mass is 79.9. The highest BCUT2D eigenvalue weighted by molar-refractivity contribution is 9.10. The first-order valence-corrected chi connectivity index (χ1v) is 7.51. The van der Waals surface area contributed by atoms with E-state index >= 15 is 0 Å². The Bertz CT molecular complexity index is 616. The molecule has 0 atom stereocenters. The van der Waals surface area contributed by atoms with E-state index in [0.717, 1.165) is 21.3 Å². The molecule has 21 heavy (non-hydrogen) atoms. The van der Waals surface area contributed by atoms with Crippen LogP contribution in [0.25, 0.3) is 0 Å². The van der Waals surface area contributed by atoms with Gasteiger partial charge in [0.15, 0.2) is 0 Å². The Hall–Kier alpha value is -1.72. The third kappa shape index (κ3) is 4.12. The lowest BCUT2D eigenvalue weighted by Gasteiger charge is -2.12. The van der Waals surface area contributed by atoms with Gasteiger partial charge in [-0.2, -0.15) is 0 Å². The number of ether oxygens (including phenoxy) is 1. The zero-order valence-electron chi connectivity index (χ0n) is 11.8. The zero-order valence-corrected chi connectivity index (χ0v) is 13.4. The topological polar surface area (TPSA) is 61.7 Å². The number of hydrogen-bond donors (Lipinski definition) is 3. The van der Waals surface area contributed by atoms with Crippen LogP contribution in [0.2, 0.25) is 0 Å². The van der Waals surface area contributed by atoms with Crippen molar-refractivity contribution < 1.29 is 14.9 Å². The number of phenolic OH excluding ortho intramolecular Hbond substituents is 1. The molecular weight excluding hydrogens is 334 g/mol. The molecule has 0 amide bonds. The molecule has 0 saturated heterocycles. The van der Waals surface area contributed by atoms with Crippen LogP contribution >= 0.6 is 15.9 Å². The number of anilines is 1. The molecule has 0 aliphatic carbocycles. The number of aliphatic hydroxyl groups is 1. The van der Waals surface area contributed by atoms with Crippen molar-refractivity contribution in [3.05, 3.63) is 52.0 Å². The summed E-state index contributed by atoms with van der Waals surface area (Å²) in [4.78, 5) is 0. The summed E-state index contributed by atoms with van der Waals surface area (Å²) in [7, 11) is 0. The molecule has 0 radical (unpaired) electrons. The lowest BCUT2D eigenvalue weighted by atomic mass is 10.1. The summed E-state index contributed by atoms with van der Waals surface area (Å²) in [5.74, 6) is 0.940. The normalized spacial score (nSPS) is 10.4. The van der Waals surface area contributed by atoms with E-state index < -0.39 is 0 Å². The largest absolute Gasteiger partial charge is 0.508 e. The second kappa shape index (κ2) is 7.33. The van der Waals surface area contributed by atoms with Crippen LogP contribution in [0.5, 0.6) is 11.5 Å². The summed E-state index contributed by atoms with van der Waals surface area (Å²) in [5, 5.41) is 22.4. The summed E-state index contributed by atoms with van der Waals surface area (Å²) in [6.07, 6.45) is 0. The van der Waals surface area contributed by atoms with Crippen LogP contribution in [0.4, 0.5) is 5.69 Å². The molecule has 0 unspecified atom stereocenters. The SMILES string of the molecule is CCOc1ccc(NCc2cc(Br)ccc2O)cc1CO. The van der Waals surface area contributed by atoms with Gasteiger partial charge in [-0.15, -0.1) is 0 Å². The lowest BCUT2D eigenvalue weighted by molar-refractivity contribution is 0.267. The lowest BCUT2D eigenvalue weighted by Crippen LogP contribution is -2.02. The molecule has 0 heterocycles. The smallest absolute Gasteiger partial charge is 0.124 e. The molecule has 5 heteroatoms. The predicted octanol–water partition coefficient (Wildman–Crippen LogP) is 3.66. The van der Waals surface area contributed by atoms with Gasteiger partial charge in [0.2, 0.25) is 0 Å². The third-order valence-electron chi connectivity index (χ3n) is 3.06. The Balaban J connectivity index is 2.11. The second-order valence-corrected chi connectivity index (χ2v) is 5.46. The molecule has 0 bridgehead atoms. The summed E-state index contributed by atoms with van der Waals surface area (Å²) >= 11 is 3.38. The number of aromatic hydroxyl groups is 1. The minimum atomic E-state index is -0.0764. The van der Waals surface area contributed by atoms with Gasteiger partial charge in [0.25, 0.3) is 0 Å². The molecule has 3 N–H and O–H groups in total. The monoisotopic (exact) mass is 351 g/mol. The molecule has 2 rings (SSSR count). The fourth-order valence-corrected chi connectivity index (χ4v) is 2.41. The Labute approximate surface area is 132 Å². The van der Waals surface area contributed by atoms with Crippen LogP contribution in [0.15, 0.2) is 40.9 Å². The van der Waals surface area contributed by atoms with Gasteiger partial charge in [0, 0.05) is 27.8 Å². The molecule has 112 valence electrons. The Morgan fingerprint density at radius 3 is 2.67 bits per heavy atom. The van der Waals surface area contributed by atoms with Gasteiger partial charge in [-0.25, -0.2) is 0 Å². The molecule has 0 aliphatic heterocycles. The van der Waals surface area contributed by atoms with Crippen LogP contribution in [-0.4, -0.2) is 16.8 Å². The maximum Gasteiger partial charge on any atom is 0.124 e. The number of rotatable bonds is 6. The van der Waals surface area contributed by atoms with Crippen LogP contribution in [0.3, 0.4) is 0 Å². The molecule has 0 aromatic heterocycles. The average Bonchev–Trinajstić information content (AvgIpc) is 2.49. The van der Waals surface area contributed by atoms with E-state index in [-0.39, 0.29) is 12.4 Å². The predicted molar refractivity (Wildman–Crippen MR) is 86.7 cm³/mol. The first-order valence-electron chi connectivity index (χ1n) is 6.72. The molecule has 0 spiro atoms. The molecule has 2 aromatic carbocycles. The molecule has 2 aromatic rings. The number of nitrogens with one attached hydrogen (secondary N) is 1. The Kier molecular flexibility index (Phi) is 5.47. The van der Waals surface area contributed by atoms with Gasteiger partial charge in [0.1, 0.15) is 11.5 Å². The van der Waals surface area contributed by atoms with Gasteiger partial charge in [-0.05, 0) is 43.3 Å². The Morgan fingerprint density at radius 1 is 1.14 bits per heavy atom. The number of aliphatic hydroxyl groups excluding tert-OH is 1. The van der Waals surface area contributed by atoms with Crippen LogP contribution in [0.1, 0.15) is 18.1 Å². The van der Waals surface area contributed by atoms with E-state index in [4.69, 9.17) is 4.74 Å². The van der Waals surface area contributed by atoms with Crippen molar-refractivity contribution in [2.45, 2.75) is 20.1 Å². The van der Waals surface area contributed by atoms with Gasteiger partial charge in [-0.1, -0.05) is 15.9 Å². The highest BCUT2D eigenvalue weighted by Crippen LogP contribution is 2.25. The molecule has 0 saturated carbocycles. The number of halogens is 1. The van der Waals surface area contributed by atoms with E-state index in [1.165, 1.54) is 0 Å². The zero-order chi connectivity index (χ0) is 15.2. The summed E-state index contributed by atoms with van der Waals surface area (Å²) in [6, 6.07) is 10.9. The highest BCUT2D eigenvalue weighted by Gasteiger charge is 2.06. The standard InChI is InChI=1S/C16H18BrNO3/c1-2-21-16-6-4-14(8-12(16)10-19)18-9-11-7-13(17)3-5-15(11)20/h3-8,18-20H,2,9-10H2,1H3. The maximum absolute atomic E-state index is 9.81. The summed E-state index contributed by atoms with van der Waals surface area (Å²) in [6.45, 7) is 2.88. The minimum absolute atomic E-state index is 0.0764. The van der Waals surface area contributed by atoms with E-state index in [1.54, 1.807) is 12.1 Å². The molecule has 4 nitrogen and oxygen atoms in total. The number of phenols is 1. The van der Waals surface area contributed by atoms with Crippen LogP contribution in [-0.2, 0) is 13.2 Å². The number of hydrogen-bond acceptors (Lipinski definition) is 4. The maximum atomic E-state index is 9.81. The van der Waals surface area contributed by atoms with Crippen molar-refractivity contribution in [3.8, 4) is 11.5 Å². The fourth-order valence-electron chi connectivity index (χ4n) is 2.00. The van der Waals surface area contributed by atoms with Gasteiger partial charge in [-0.3, -0.25) is 0 Å². The first-order chi connectivity index (χ1) is 10.1. The summed E-state index contributed by atoms with van der Waals surface area (Å²) < 4.78 is 6.36. The van der Waals surface area contributed by atoms with E-state index in [1.807, 2.05) is 31.2 Å². The third-order valence-corrected chi connectivity index (χ3v) is 3.55. The number of benzene rings is 2. The van der Waals surface area contributed by atoms with Crippen LogP contribution < -0.4 is 10.1 Å². The molecular formula is C16H18BrNO3. The molecule has 0 aliphatic rings. The Morgan fingerprint density at radius 2 is 1.95 bits per heavy atom. The first kappa shape index (κ1) is 15.7. The van der Waals surface area contributed by atoms with E-state index in [0.29, 0.717) is 18.9 Å². The fraction of sp³-hybridized carbons (Fsp3) is 0.250.